The van der Waals surface area contributed by atoms with E-state index < -0.39 is 24.7 Å². The van der Waals surface area contributed by atoms with Crippen LogP contribution < -0.4 is 5.32 Å². The molecule has 0 saturated carbocycles. The van der Waals surface area contributed by atoms with Crippen molar-refractivity contribution in [2.24, 2.45) is 0 Å². The van der Waals surface area contributed by atoms with Crippen LogP contribution in [-0.2, 0) is 4.79 Å². The summed E-state index contributed by atoms with van der Waals surface area (Å²) >= 11 is 0. The van der Waals surface area contributed by atoms with Crippen molar-refractivity contribution in [3.63, 3.8) is 0 Å². The van der Waals surface area contributed by atoms with Crippen molar-refractivity contribution in [2.45, 2.75) is 58.8 Å². The largest absolute Gasteiger partial charge is 0.406 e. The van der Waals surface area contributed by atoms with Crippen LogP contribution in [0.25, 0.3) is 0 Å². The zero-order valence-corrected chi connectivity index (χ0v) is 11.7. The van der Waals surface area contributed by atoms with Gasteiger partial charge in [-0.25, -0.2) is 0 Å². The van der Waals surface area contributed by atoms with Gasteiger partial charge in [-0.1, -0.05) is 0 Å². The van der Waals surface area contributed by atoms with Gasteiger partial charge in [-0.2, -0.15) is 13.2 Å². The number of alkyl halides is 3. The Kier molecular flexibility index (Phi) is 6.13. The standard InChI is InChI=1S/C12H23F3N2O/c1-9(2)17(8-12(13,14)15)10(18)6-7-16-11(3,4)5/h9,16H,6-8H2,1-5H3. The number of hydrogen-bond acceptors (Lipinski definition) is 2. The Morgan fingerprint density at radius 1 is 1.22 bits per heavy atom. The van der Waals surface area contributed by atoms with E-state index in [4.69, 9.17) is 0 Å². The lowest BCUT2D eigenvalue weighted by molar-refractivity contribution is -0.164. The van der Waals surface area contributed by atoms with E-state index >= 15 is 0 Å². The molecule has 0 radical (unpaired) electrons. The first-order valence-corrected chi connectivity index (χ1v) is 6.03. The van der Waals surface area contributed by atoms with Gasteiger partial charge in [0.2, 0.25) is 5.91 Å². The maximum absolute atomic E-state index is 12.3. The van der Waals surface area contributed by atoms with E-state index in [1.807, 2.05) is 20.8 Å². The Morgan fingerprint density at radius 3 is 2.06 bits per heavy atom. The molecule has 0 aromatic heterocycles. The molecule has 0 aromatic carbocycles. The molecule has 0 aliphatic rings. The van der Waals surface area contributed by atoms with Crippen LogP contribution in [0.3, 0.4) is 0 Å². The molecule has 18 heavy (non-hydrogen) atoms. The molecule has 0 bridgehead atoms. The molecule has 0 fully saturated rings. The topological polar surface area (TPSA) is 32.3 Å². The van der Waals surface area contributed by atoms with Crippen LogP contribution in [0, 0.1) is 0 Å². The third kappa shape index (κ3) is 8.33. The highest BCUT2D eigenvalue weighted by Gasteiger charge is 2.33. The first-order chi connectivity index (χ1) is 7.92. The average molecular weight is 268 g/mol. The van der Waals surface area contributed by atoms with Crippen molar-refractivity contribution < 1.29 is 18.0 Å². The molecule has 0 atom stereocenters. The summed E-state index contributed by atoms with van der Waals surface area (Å²) in [5.41, 5.74) is -0.146. The molecule has 1 N–H and O–H groups in total. The van der Waals surface area contributed by atoms with Gasteiger partial charge in [0.1, 0.15) is 6.54 Å². The number of carbonyl (C=O) groups is 1. The molecule has 0 heterocycles. The van der Waals surface area contributed by atoms with Crippen LogP contribution in [0.2, 0.25) is 0 Å². The number of rotatable bonds is 5. The second-order valence-corrected chi connectivity index (χ2v) is 5.66. The molecule has 1 amide bonds. The van der Waals surface area contributed by atoms with Crippen molar-refractivity contribution in [3.05, 3.63) is 0 Å². The van der Waals surface area contributed by atoms with Crippen molar-refractivity contribution >= 4 is 5.91 Å². The first kappa shape index (κ1) is 17.2. The summed E-state index contributed by atoms with van der Waals surface area (Å²) in [6.45, 7) is 8.18. The van der Waals surface area contributed by atoms with Gasteiger partial charge in [-0.05, 0) is 34.6 Å². The molecular formula is C12H23F3N2O. The van der Waals surface area contributed by atoms with Crippen LogP contribution in [0.4, 0.5) is 13.2 Å². The summed E-state index contributed by atoms with van der Waals surface area (Å²) in [7, 11) is 0. The summed E-state index contributed by atoms with van der Waals surface area (Å²) in [5.74, 6) is -0.473. The van der Waals surface area contributed by atoms with E-state index in [1.165, 1.54) is 0 Å². The molecular weight excluding hydrogens is 245 g/mol. The summed E-state index contributed by atoms with van der Waals surface area (Å²) in [6, 6.07) is -0.450. The molecule has 3 nitrogen and oxygen atoms in total. The van der Waals surface area contributed by atoms with E-state index in [0.29, 0.717) is 6.54 Å². The lowest BCUT2D eigenvalue weighted by Gasteiger charge is -2.28. The van der Waals surface area contributed by atoms with Gasteiger partial charge in [0.05, 0.1) is 0 Å². The Bertz CT molecular complexity index is 269. The van der Waals surface area contributed by atoms with Crippen molar-refractivity contribution in [1.29, 1.82) is 0 Å². The molecule has 0 aliphatic heterocycles. The Morgan fingerprint density at radius 2 is 1.72 bits per heavy atom. The fourth-order valence-electron chi connectivity index (χ4n) is 1.44. The van der Waals surface area contributed by atoms with Crippen molar-refractivity contribution in [2.75, 3.05) is 13.1 Å². The number of halogens is 3. The molecule has 0 rings (SSSR count). The Balaban J connectivity index is 4.33. The predicted molar refractivity (Wildman–Crippen MR) is 65.3 cm³/mol. The molecule has 0 aliphatic carbocycles. The van der Waals surface area contributed by atoms with Crippen LogP contribution >= 0.6 is 0 Å². The number of nitrogens with zero attached hydrogens (tertiary/aromatic N) is 1. The van der Waals surface area contributed by atoms with E-state index in [9.17, 15) is 18.0 Å². The quantitative estimate of drug-likeness (QED) is 0.831. The minimum absolute atomic E-state index is 0.0749. The van der Waals surface area contributed by atoms with Gasteiger partial charge >= 0.3 is 6.18 Å². The maximum atomic E-state index is 12.3. The third-order valence-corrected chi connectivity index (χ3v) is 2.29. The Hall–Kier alpha value is -0.780. The minimum atomic E-state index is -4.35. The summed E-state index contributed by atoms with van der Waals surface area (Å²) in [6.07, 6.45) is -4.27. The van der Waals surface area contributed by atoms with Gasteiger partial charge in [0.15, 0.2) is 0 Å². The summed E-state index contributed by atoms with van der Waals surface area (Å²) < 4.78 is 37.0. The molecule has 0 unspecified atom stereocenters. The molecule has 0 aromatic rings. The van der Waals surface area contributed by atoms with Crippen LogP contribution in [0.15, 0.2) is 0 Å². The van der Waals surface area contributed by atoms with Gasteiger partial charge < -0.3 is 10.2 Å². The van der Waals surface area contributed by atoms with Crippen LogP contribution in [0.5, 0.6) is 0 Å². The fraction of sp³-hybridized carbons (Fsp3) is 0.917. The van der Waals surface area contributed by atoms with Crippen LogP contribution in [0.1, 0.15) is 41.0 Å². The predicted octanol–water partition coefficient (Wildman–Crippen LogP) is 2.56. The van der Waals surface area contributed by atoms with Gasteiger partial charge in [0.25, 0.3) is 0 Å². The molecule has 108 valence electrons. The number of nitrogens with one attached hydrogen (secondary N) is 1. The zero-order chi connectivity index (χ0) is 14.6. The van der Waals surface area contributed by atoms with Crippen molar-refractivity contribution in [1.82, 2.24) is 10.2 Å². The van der Waals surface area contributed by atoms with Crippen molar-refractivity contribution in [3.8, 4) is 0 Å². The SMILES string of the molecule is CC(C)N(CC(F)(F)F)C(=O)CCNC(C)(C)C. The average Bonchev–Trinajstić information content (AvgIpc) is 2.09. The second kappa shape index (κ2) is 6.41. The number of carbonyl (C=O) groups excluding carboxylic acids is 1. The normalized spacial score (nSPS) is 12.9. The second-order valence-electron chi connectivity index (χ2n) is 5.66. The van der Waals surface area contributed by atoms with E-state index in [1.54, 1.807) is 13.8 Å². The van der Waals surface area contributed by atoms with Gasteiger partial charge in [-0.15, -0.1) is 0 Å². The number of hydrogen-bond donors (Lipinski definition) is 1. The first-order valence-electron chi connectivity index (χ1n) is 6.03. The lowest BCUT2D eigenvalue weighted by atomic mass is 10.1. The van der Waals surface area contributed by atoms with E-state index in [-0.39, 0.29) is 12.0 Å². The highest BCUT2D eigenvalue weighted by atomic mass is 19.4. The van der Waals surface area contributed by atoms with E-state index in [2.05, 4.69) is 5.32 Å². The lowest BCUT2D eigenvalue weighted by Crippen LogP contribution is -2.45. The number of amides is 1. The zero-order valence-electron chi connectivity index (χ0n) is 11.7. The Labute approximate surface area is 107 Å². The fourth-order valence-corrected chi connectivity index (χ4v) is 1.44. The third-order valence-electron chi connectivity index (χ3n) is 2.29. The molecule has 6 heteroatoms. The van der Waals surface area contributed by atoms with Crippen LogP contribution in [-0.4, -0.2) is 41.7 Å². The van der Waals surface area contributed by atoms with Gasteiger partial charge in [-0.3, -0.25) is 4.79 Å². The highest BCUT2D eigenvalue weighted by Crippen LogP contribution is 2.18. The molecule has 0 saturated heterocycles. The maximum Gasteiger partial charge on any atom is 0.406 e. The van der Waals surface area contributed by atoms with E-state index in [0.717, 1.165) is 4.90 Å². The smallest absolute Gasteiger partial charge is 0.331 e. The monoisotopic (exact) mass is 268 g/mol. The highest BCUT2D eigenvalue weighted by molar-refractivity contribution is 5.76. The molecule has 0 spiro atoms. The summed E-state index contributed by atoms with van der Waals surface area (Å²) in [5, 5.41) is 3.08. The van der Waals surface area contributed by atoms with Gasteiger partial charge in [0, 0.05) is 24.5 Å². The minimum Gasteiger partial charge on any atom is -0.331 e. The summed E-state index contributed by atoms with van der Waals surface area (Å²) in [4.78, 5) is 12.6.